The fourth-order valence-electron chi connectivity index (χ4n) is 4.57. The molecule has 3 aromatic rings. The summed E-state index contributed by atoms with van der Waals surface area (Å²) in [6.45, 7) is 4.46. The largest absolute Gasteiger partial charge is 0.353 e. The second-order valence-electron chi connectivity index (χ2n) is 9.40. The monoisotopic (exact) mass is 527 g/mol. The van der Waals surface area contributed by atoms with Gasteiger partial charge in [-0.15, -0.1) is 0 Å². The Morgan fingerprint density at radius 3 is 2.35 bits per heavy atom. The van der Waals surface area contributed by atoms with Crippen molar-refractivity contribution in [3.63, 3.8) is 0 Å². The van der Waals surface area contributed by atoms with Crippen molar-refractivity contribution in [2.24, 2.45) is 0 Å². The van der Waals surface area contributed by atoms with Gasteiger partial charge in [-0.1, -0.05) is 42.5 Å². The van der Waals surface area contributed by atoms with Gasteiger partial charge in [0.2, 0.25) is 5.91 Å². The molecule has 0 radical (unpaired) electrons. The van der Waals surface area contributed by atoms with Crippen LogP contribution in [0.15, 0.2) is 72.8 Å². The van der Waals surface area contributed by atoms with E-state index >= 15 is 0 Å². The van der Waals surface area contributed by atoms with Crippen molar-refractivity contribution < 1.29 is 18.0 Å². The summed E-state index contributed by atoms with van der Waals surface area (Å²) in [5.74, 6) is -1.26. The fourth-order valence-corrected chi connectivity index (χ4v) is 5.65. The van der Waals surface area contributed by atoms with Gasteiger partial charge >= 0.3 is 0 Å². The molecule has 1 atom stereocenters. The molecule has 4 nitrogen and oxygen atoms in total. The predicted molar refractivity (Wildman–Crippen MR) is 144 cm³/mol. The zero-order valence-corrected chi connectivity index (χ0v) is 21.7. The van der Waals surface area contributed by atoms with Crippen molar-refractivity contribution in [2.75, 3.05) is 23.9 Å². The molecule has 4 rings (SSSR count). The first-order valence-corrected chi connectivity index (χ1v) is 13.5. The van der Waals surface area contributed by atoms with E-state index in [9.17, 15) is 18.0 Å². The van der Waals surface area contributed by atoms with E-state index in [1.807, 2.05) is 24.3 Å². The highest BCUT2D eigenvalue weighted by atomic mass is 32.2. The molecule has 196 valence electrons. The van der Waals surface area contributed by atoms with E-state index in [4.69, 9.17) is 0 Å². The highest BCUT2D eigenvalue weighted by Gasteiger charge is 2.26. The summed E-state index contributed by atoms with van der Waals surface area (Å²) < 4.78 is 43.9. The Labute approximate surface area is 221 Å². The second-order valence-corrected chi connectivity index (χ2v) is 10.4. The Hall–Kier alpha value is -2.97. The number of nitrogens with one attached hydrogen (secondary N) is 1. The molecule has 0 saturated carbocycles. The van der Waals surface area contributed by atoms with Crippen LogP contribution in [0.5, 0.6) is 0 Å². The zero-order chi connectivity index (χ0) is 26.2. The first-order valence-electron chi connectivity index (χ1n) is 12.6. The van der Waals surface area contributed by atoms with Gasteiger partial charge < -0.3 is 9.62 Å². The minimum absolute atomic E-state index is 0.0300. The molecule has 1 amide bonds. The number of rotatable bonds is 10. The van der Waals surface area contributed by atoms with Gasteiger partial charge in [0.25, 0.3) is 0 Å². The van der Waals surface area contributed by atoms with Gasteiger partial charge in [-0.3, -0.25) is 9.69 Å². The van der Waals surface area contributed by atoms with Crippen molar-refractivity contribution in [3.05, 3.63) is 101 Å². The van der Waals surface area contributed by atoms with Crippen molar-refractivity contribution in [1.29, 1.82) is 0 Å². The maximum absolute atomic E-state index is 14.0. The molecule has 8 heteroatoms. The molecule has 0 unspecified atom stereocenters. The minimum Gasteiger partial charge on any atom is -0.353 e. The van der Waals surface area contributed by atoms with Gasteiger partial charge in [0.1, 0.15) is 17.5 Å². The average Bonchev–Trinajstić information content (AvgIpc) is 2.89. The summed E-state index contributed by atoms with van der Waals surface area (Å²) in [6, 6.07) is 20.6. The molecule has 0 spiro atoms. The average molecular weight is 528 g/mol. The number of benzene rings is 3. The van der Waals surface area contributed by atoms with Crippen LogP contribution in [-0.4, -0.2) is 42.5 Å². The van der Waals surface area contributed by atoms with Crippen molar-refractivity contribution in [2.45, 2.75) is 44.0 Å². The lowest BCUT2D eigenvalue weighted by Gasteiger charge is -2.38. The van der Waals surface area contributed by atoms with E-state index in [-0.39, 0.29) is 35.8 Å². The third-order valence-corrected chi connectivity index (χ3v) is 7.81. The zero-order valence-electron chi connectivity index (χ0n) is 20.9. The Morgan fingerprint density at radius 1 is 1.00 bits per heavy atom. The number of anilines is 1. The molecule has 0 aliphatic carbocycles. The standard InChI is InChI=1S/C29H32F3N3OS/c1-21(19-35(25-10-5-9-23(30)17-25)37-20-22-7-3-2-4-8-22)34-15-13-24(14-16-34)33-29(36)18-26-27(31)11-6-12-28(26)32/h2-12,17,21,24H,13-16,18-20H2,1H3,(H,33,36)/t21-/m1/s1. The molecule has 0 aromatic heterocycles. The first-order chi connectivity index (χ1) is 17.9. The molecule has 1 saturated heterocycles. The molecule has 37 heavy (non-hydrogen) atoms. The van der Waals surface area contributed by atoms with Gasteiger partial charge in [0.15, 0.2) is 0 Å². The van der Waals surface area contributed by atoms with Crippen LogP contribution >= 0.6 is 11.9 Å². The summed E-state index contributed by atoms with van der Waals surface area (Å²) in [4.78, 5) is 14.8. The van der Waals surface area contributed by atoms with E-state index in [1.165, 1.54) is 17.7 Å². The van der Waals surface area contributed by atoms with Gasteiger partial charge in [-0.25, -0.2) is 13.2 Å². The van der Waals surface area contributed by atoms with Gasteiger partial charge in [0, 0.05) is 48.7 Å². The molecule has 1 aliphatic rings. The van der Waals surface area contributed by atoms with Gasteiger partial charge in [0.05, 0.1) is 6.42 Å². The molecular formula is C29H32F3N3OS. The van der Waals surface area contributed by atoms with E-state index < -0.39 is 11.6 Å². The maximum Gasteiger partial charge on any atom is 0.224 e. The lowest BCUT2D eigenvalue weighted by Crippen LogP contribution is -2.49. The van der Waals surface area contributed by atoms with Crippen LogP contribution in [0.2, 0.25) is 0 Å². The maximum atomic E-state index is 14.0. The van der Waals surface area contributed by atoms with E-state index in [0.29, 0.717) is 6.54 Å². The number of halogens is 3. The predicted octanol–water partition coefficient (Wildman–Crippen LogP) is 5.97. The summed E-state index contributed by atoms with van der Waals surface area (Å²) in [7, 11) is 0. The Balaban J connectivity index is 1.30. The topological polar surface area (TPSA) is 35.6 Å². The number of hydrogen-bond donors (Lipinski definition) is 1. The normalized spacial score (nSPS) is 15.4. The van der Waals surface area contributed by atoms with Crippen molar-refractivity contribution in [3.8, 4) is 0 Å². The molecule has 1 aliphatic heterocycles. The number of nitrogens with zero attached hydrogens (tertiary/aromatic N) is 2. The molecule has 3 aromatic carbocycles. The summed E-state index contributed by atoms with van der Waals surface area (Å²) >= 11 is 1.66. The molecular weight excluding hydrogens is 495 g/mol. The number of carbonyl (C=O) groups is 1. The van der Waals surface area contributed by atoms with Crippen LogP contribution < -0.4 is 9.62 Å². The Kier molecular flexibility index (Phi) is 9.52. The van der Waals surface area contributed by atoms with Gasteiger partial charge in [-0.2, -0.15) is 0 Å². The summed E-state index contributed by atoms with van der Waals surface area (Å²) in [6.07, 6.45) is 1.20. The number of piperidine rings is 1. The van der Waals surface area contributed by atoms with Crippen LogP contribution in [-0.2, 0) is 17.0 Å². The van der Waals surface area contributed by atoms with E-state index in [0.717, 1.165) is 49.5 Å². The third-order valence-electron chi connectivity index (χ3n) is 6.67. The number of hydrogen-bond acceptors (Lipinski definition) is 4. The smallest absolute Gasteiger partial charge is 0.224 e. The first kappa shape index (κ1) is 27.1. The molecule has 1 fully saturated rings. The summed E-state index contributed by atoms with van der Waals surface area (Å²) in [5.41, 5.74) is 1.83. The summed E-state index contributed by atoms with van der Waals surface area (Å²) in [5, 5.41) is 2.94. The van der Waals surface area contributed by atoms with Crippen LogP contribution in [0.4, 0.5) is 18.9 Å². The third kappa shape index (κ3) is 7.76. The van der Waals surface area contributed by atoms with Crippen LogP contribution in [0.25, 0.3) is 0 Å². The molecule has 0 bridgehead atoms. The Morgan fingerprint density at radius 2 is 1.68 bits per heavy atom. The van der Waals surface area contributed by atoms with E-state index in [1.54, 1.807) is 24.1 Å². The fraction of sp³-hybridized carbons (Fsp3) is 0.345. The quantitative estimate of drug-likeness (QED) is 0.330. The molecule has 1 N–H and O–H groups in total. The van der Waals surface area contributed by atoms with E-state index in [2.05, 4.69) is 33.6 Å². The van der Waals surface area contributed by atoms with Crippen molar-refractivity contribution >= 4 is 23.5 Å². The Bertz CT molecular complexity index is 1150. The highest BCUT2D eigenvalue weighted by Crippen LogP contribution is 2.28. The second kappa shape index (κ2) is 13.0. The van der Waals surface area contributed by atoms with Crippen LogP contribution in [0.3, 0.4) is 0 Å². The highest BCUT2D eigenvalue weighted by molar-refractivity contribution is 7.99. The van der Waals surface area contributed by atoms with Crippen molar-refractivity contribution in [1.82, 2.24) is 10.2 Å². The lowest BCUT2D eigenvalue weighted by atomic mass is 10.0. The van der Waals surface area contributed by atoms with Crippen LogP contribution in [0, 0.1) is 17.5 Å². The SMILES string of the molecule is C[C@H](CN(SCc1ccccc1)c1cccc(F)c1)N1CCC(NC(=O)Cc2c(F)cccc2F)CC1. The lowest BCUT2D eigenvalue weighted by molar-refractivity contribution is -0.121. The number of likely N-dealkylation sites (tertiary alicyclic amines) is 1. The van der Waals surface area contributed by atoms with Gasteiger partial charge in [-0.05, 0) is 67.6 Å². The van der Waals surface area contributed by atoms with Crippen LogP contribution in [0.1, 0.15) is 30.9 Å². The number of amides is 1. The number of carbonyl (C=O) groups excluding carboxylic acids is 1. The minimum atomic E-state index is -0.702. The molecule has 1 heterocycles.